The number of hydrogen-bond acceptors (Lipinski definition) is 5. The third-order valence-electron chi connectivity index (χ3n) is 1.58. The maximum absolute atomic E-state index is 10.9. The van der Waals surface area contributed by atoms with E-state index >= 15 is 0 Å². The van der Waals surface area contributed by atoms with Crippen molar-refractivity contribution in [3.8, 4) is 0 Å². The average Bonchev–Trinajstić information content (AvgIpc) is 2.19. The van der Waals surface area contributed by atoms with Crippen molar-refractivity contribution < 1.29 is 28.2 Å². The van der Waals surface area contributed by atoms with Gasteiger partial charge in [-0.2, -0.15) is 0 Å². The fourth-order valence-electron chi connectivity index (χ4n) is 0.892. The Balaban J connectivity index is 5.08. The van der Waals surface area contributed by atoms with Crippen LogP contribution in [0.15, 0.2) is 0 Å². The molecule has 0 aromatic heterocycles. The zero-order valence-electron chi connectivity index (χ0n) is 8.08. The molecule has 15 heavy (non-hydrogen) atoms. The second kappa shape index (κ2) is 6.34. The van der Waals surface area contributed by atoms with Crippen LogP contribution in [0.4, 0.5) is 0 Å². The van der Waals surface area contributed by atoms with Gasteiger partial charge in [0.15, 0.2) is 5.25 Å². The predicted molar refractivity (Wildman–Crippen MR) is 59.6 cm³/mol. The Hall–Kier alpha value is -0.270. The van der Waals surface area contributed by atoms with Crippen LogP contribution in [0, 0.1) is 0 Å². The molecule has 0 aliphatic rings. The minimum atomic E-state index is -2.54. The maximum Gasteiger partial charge on any atom is 0.327 e. The number of hydrogen-bond donors (Lipinski definition) is 2. The molecule has 0 aromatic carbocycles. The summed E-state index contributed by atoms with van der Waals surface area (Å²) in [5.41, 5.74) is 0. The van der Waals surface area contributed by atoms with Crippen molar-refractivity contribution in [3.63, 3.8) is 0 Å². The average molecular weight is 274 g/mol. The first-order chi connectivity index (χ1) is 6.93. The van der Waals surface area contributed by atoms with E-state index in [9.17, 15) is 9.59 Å². The van der Waals surface area contributed by atoms with Crippen molar-refractivity contribution in [1.29, 1.82) is 0 Å². The predicted octanol–water partition coefficient (Wildman–Crippen LogP) is 1.16. The van der Waals surface area contributed by atoms with E-state index < -0.39 is 33.8 Å². The molecule has 9 heteroatoms. The maximum atomic E-state index is 10.9. The van der Waals surface area contributed by atoms with E-state index in [1.54, 1.807) is 0 Å². The molecular weight excluding hydrogens is 263 g/mol. The van der Waals surface area contributed by atoms with E-state index in [0.29, 0.717) is 0 Å². The van der Waals surface area contributed by atoms with Crippen LogP contribution < -0.4 is 0 Å². The highest BCUT2D eigenvalue weighted by Gasteiger charge is 2.37. The normalized spacial score (nSPS) is 14.8. The van der Waals surface area contributed by atoms with Crippen molar-refractivity contribution in [1.82, 2.24) is 0 Å². The molecule has 0 radical (unpaired) electrons. The van der Waals surface area contributed by atoms with Crippen molar-refractivity contribution in [2.45, 2.75) is 11.7 Å². The number of rotatable bonds is 7. The number of carboxylic acid groups (broad SMARTS) is 2. The summed E-state index contributed by atoms with van der Waals surface area (Å²) in [6.07, 6.45) is -0.573. The van der Waals surface area contributed by atoms with Crippen LogP contribution in [0.2, 0.25) is 0 Å². The quantitative estimate of drug-likeness (QED) is 0.673. The third-order valence-corrected chi connectivity index (χ3v) is 7.98. The minimum absolute atomic E-state index is 0.172. The van der Waals surface area contributed by atoms with Crippen molar-refractivity contribution in [2.75, 3.05) is 14.2 Å². The number of carbonyl (C=O) groups is 2. The first kappa shape index (κ1) is 14.7. The van der Waals surface area contributed by atoms with Crippen molar-refractivity contribution in [2.24, 2.45) is 0 Å². The molecule has 6 nitrogen and oxygen atoms in total. The van der Waals surface area contributed by atoms with Crippen LogP contribution in [-0.2, 0) is 29.8 Å². The Morgan fingerprint density at radius 3 is 2.07 bits per heavy atom. The highest BCUT2D eigenvalue weighted by atomic mass is 32.9. The summed E-state index contributed by atoms with van der Waals surface area (Å²) in [7, 11) is -0.0190. The van der Waals surface area contributed by atoms with Crippen LogP contribution in [0.5, 0.6) is 0 Å². The molecule has 0 amide bonds. The van der Waals surface area contributed by atoms with Crippen molar-refractivity contribution in [3.05, 3.63) is 0 Å². The Kier molecular flexibility index (Phi) is 6.23. The lowest BCUT2D eigenvalue weighted by molar-refractivity contribution is -0.143. The highest BCUT2D eigenvalue weighted by molar-refractivity contribution is 8.73. The third kappa shape index (κ3) is 3.66. The van der Waals surface area contributed by atoms with Gasteiger partial charge in [-0.05, 0) is 11.8 Å². The Bertz CT molecular complexity index is 266. The summed E-state index contributed by atoms with van der Waals surface area (Å²) >= 11 is 4.74. The smallest absolute Gasteiger partial charge is 0.327 e. The van der Waals surface area contributed by atoms with E-state index in [-0.39, 0.29) is 6.56 Å². The topological polar surface area (TPSA) is 93.1 Å². The molecule has 0 heterocycles. The van der Waals surface area contributed by atoms with E-state index in [1.165, 1.54) is 14.2 Å². The molecule has 1 unspecified atom stereocenters. The van der Waals surface area contributed by atoms with Gasteiger partial charge in [0.1, 0.15) is 6.56 Å². The van der Waals surface area contributed by atoms with Crippen LogP contribution >= 0.6 is 16.8 Å². The van der Waals surface area contributed by atoms with Gasteiger partial charge in [0.05, 0.1) is 20.6 Å². The van der Waals surface area contributed by atoms with E-state index in [2.05, 4.69) is 0 Å². The Morgan fingerprint density at radius 1 is 1.40 bits per heavy atom. The van der Waals surface area contributed by atoms with Gasteiger partial charge in [-0.1, -0.05) is 0 Å². The van der Waals surface area contributed by atoms with Crippen LogP contribution in [0.1, 0.15) is 6.42 Å². The molecule has 0 aliphatic carbocycles. The molecule has 0 saturated heterocycles. The van der Waals surface area contributed by atoms with Gasteiger partial charge >= 0.3 is 11.9 Å². The van der Waals surface area contributed by atoms with Gasteiger partial charge in [0.25, 0.3) is 0 Å². The molecule has 2 N–H and O–H groups in total. The standard InChI is InChI=1S/C6H11O6PS2/c1-11-15(12-2,13-14)4(6(9)10)3-5(7)8/h4H,3H2,1-2H3,(H,7,8)(H,9,10). The second-order valence-corrected chi connectivity index (χ2v) is 8.08. The minimum Gasteiger partial charge on any atom is -0.481 e. The molecule has 0 bridgehead atoms. The first-order valence-electron chi connectivity index (χ1n) is 3.66. The molecule has 88 valence electrons. The summed E-state index contributed by atoms with van der Waals surface area (Å²) in [4.78, 5) is 21.4. The largest absolute Gasteiger partial charge is 0.481 e. The zero-order chi connectivity index (χ0) is 12.1. The SMILES string of the molecule is COS(OC)(P=S)C(CC(=O)O)C(=O)O. The first-order valence-corrected chi connectivity index (χ1v) is 7.72. The fraction of sp³-hybridized carbons (Fsp3) is 0.667. The summed E-state index contributed by atoms with van der Waals surface area (Å²) in [6.45, 7) is 0.172. The van der Waals surface area contributed by atoms with Crippen LogP contribution in [0.25, 0.3) is 0 Å². The molecule has 0 saturated carbocycles. The van der Waals surface area contributed by atoms with E-state index in [4.69, 9.17) is 30.4 Å². The van der Waals surface area contributed by atoms with Gasteiger partial charge in [-0.25, -0.2) is 0 Å². The van der Waals surface area contributed by atoms with Crippen molar-refractivity contribution >= 4 is 40.5 Å². The van der Waals surface area contributed by atoms with Gasteiger partial charge in [-0.3, -0.25) is 18.0 Å². The van der Waals surface area contributed by atoms with Gasteiger partial charge in [-0.15, -0.1) is 10.2 Å². The number of carboxylic acids is 2. The lowest BCUT2D eigenvalue weighted by atomic mass is 10.3. The second-order valence-electron chi connectivity index (χ2n) is 2.35. The van der Waals surface area contributed by atoms with E-state index in [0.717, 1.165) is 0 Å². The molecular formula is C6H11O6PS2. The summed E-state index contributed by atoms with van der Waals surface area (Å²) in [5, 5.41) is 16.2. The molecule has 0 rings (SSSR count). The summed E-state index contributed by atoms with van der Waals surface area (Å²) in [5.74, 6) is -2.51. The molecule has 0 spiro atoms. The summed E-state index contributed by atoms with van der Waals surface area (Å²) in [6, 6.07) is 0. The van der Waals surface area contributed by atoms with Gasteiger partial charge in [0, 0.05) is 0 Å². The monoisotopic (exact) mass is 274 g/mol. The molecule has 0 fully saturated rings. The van der Waals surface area contributed by atoms with E-state index in [1.807, 2.05) is 0 Å². The summed E-state index contributed by atoms with van der Waals surface area (Å²) < 4.78 is 9.92. The molecule has 0 aromatic rings. The highest BCUT2D eigenvalue weighted by Crippen LogP contribution is 2.64. The zero-order valence-corrected chi connectivity index (χ0v) is 10.6. The van der Waals surface area contributed by atoms with Crippen LogP contribution in [-0.4, -0.2) is 41.6 Å². The van der Waals surface area contributed by atoms with Gasteiger partial charge < -0.3 is 10.2 Å². The van der Waals surface area contributed by atoms with Crippen LogP contribution in [0.3, 0.4) is 0 Å². The molecule has 0 aliphatic heterocycles. The lowest BCUT2D eigenvalue weighted by Gasteiger charge is -2.39. The van der Waals surface area contributed by atoms with Gasteiger partial charge in [0.2, 0.25) is 0 Å². The molecule has 1 atom stereocenters. The Labute approximate surface area is 94.9 Å². The Morgan fingerprint density at radius 2 is 1.87 bits per heavy atom. The number of aliphatic carboxylic acids is 2. The fourth-order valence-corrected chi connectivity index (χ4v) is 5.53. The lowest BCUT2D eigenvalue weighted by Crippen LogP contribution is -2.29.